The second-order valence-electron chi connectivity index (χ2n) is 7.41. The zero-order valence-corrected chi connectivity index (χ0v) is 17.4. The van der Waals surface area contributed by atoms with Crippen LogP contribution < -0.4 is 5.32 Å². The number of nitrogens with zero attached hydrogens (tertiary/aromatic N) is 4. The van der Waals surface area contributed by atoms with Gasteiger partial charge in [-0.3, -0.25) is 9.59 Å². The van der Waals surface area contributed by atoms with Crippen molar-refractivity contribution in [3.63, 3.8) is 0 Å². The van der Waals surface area contributed by atoms with Gasteiger partial charge in [-0.25, -0.2) is 9.07 Å². The Morgan fingerprint density at radius 3 is 2.81 bits per heavy atom. The summed E-state index contributed by atoms with van der Waals surface area (Å²) in [7, 11) is 0. The highest BCUT2D eigenvalue weighted by molar-refractivity contribution is 6.31. The number of likely N-dealkylation sites (tertiary alicyclic amines) is 1. The standard InChI is InChI=1S/C22H21ClFN5O2/c23-16-8-9-19(24)18(11-16)22(31)29-10-4-7-17(29)13-28-14-20(26-27-28)21(30)25-12-15-5-2-1-3-6-15/h1-3,5-6,8-9,11,14,17H,4,7,10,12-13H2,(H,25,30)/t17-/m0/s1. The molecule has 0 spiro atoms. The summed E-state index contributed by atoms with van der Waals surface area (Å²) in [5, 5.41) is 11.1. The van der Waals surface area contributed by atoms with Crippen LogP contribution in [0.3, 0.4) is 0 Å². The molecule has 3 aromatic rings. The second-order valence-corrected chi connectivity index (χ2v) is 7.85. The van der Waals surface area contributed by atoms with Crippen molar-refractivity contribution in [2.45, 2.75) is 32.0 Å². The molecule has 160 valence electrons. The van der Waals surface area contributed by atoms with Gasteiger partial charge in [0, 0.05) is 18.1 Å². The van der Waals surface area contributed by atoms with Crippen molar-refractivity contribution in [3.05, 3.63) is 82.4 Å². The number of hydrogen-bond acceptors (Lipinski definition) is 4. The van der Waals surface area contributed by atoms with E-state index in [2.05, 4.69) is 15.6 Å². The molecule has 2 amide bonds. The minimum atomic E-state index is -0.599. The topological polar surface area (TPSA) is 80.1 Å². The van der Waals surface area contributed by atoms with E-state index in [9.17, 15) is 14.0 Å². The number of rotatable bonds is 6. The zero-order valence-electron chi connectivity index (χ0n) is 16.7. The molecule has 7 nitrogen and oxygen atoms in total. The van der Waals surface area contributed by atoms with Crippen molar-refractivity contribution in [1.82, 2.24) is 25.2 Å². The fraction of sp³-hybridized carbons (Fsp3) is 0.273. The SMILES string of the molecule is O=C(NCc1ccccc1)c1cn(C[C@@H]2CCCN2C(=O)c2cc(Cl)ccc2F)nn1. The molecule has 0 aliphatic carbocycles. The van der Waals surface area contributed by atoms with Crippen LogP contribution in [-0.2, 0) is 13.1 Å². The summed E-state index contributed by atoms with van der Waals surface area (Å²) >= 11 is 5.93. The average molecular weight is 442 g/mol. The monoisotopic (exact) mass is 441 g/mol. The Morgan fingerprint density at radius 2 is 2.00 bits per heavy atom. The molecule has 1 aliphatic heterocycles. The van der Waals surface area contributed by atoms with Gasteiger partial charge in [-0.1, -0.05) is 47.1 Å². The number of nitrogens with one attached hydrogen (secondary N) is 1. The first kappa shape index (κ1) is 21.0. The first-order valence-electron chi connectivity index (χ1n) is 9.99. The van der Waals surface area contributed by atoms with Crippen LogP contribution in [0, 0.1) is 5.82 Å². The highest BCUT2D eigenvalue weighted by Crippen LogP contribution is 2.24. The lowest BCUT2D eigenvalue weighted by Gasteiger charge is -2.24. The quantitative estimate of drug-likeness (QED) is 0.636. The Hall–Kier alpha value is -3.26. The molecule has 9 heteroatoms. The third kappa shape index (κ3) is 4.91. The molecule has 0 unspecified atom stereocenters. The number of amides is 2. The number of carbonyl (C=O) groups is 2. The van der Waals surface area contributed by atoms with Gasteiger partial charge >= 0.3 is 0 Å². The molecule has 1 fully saturated rings. The molecule has 1 saturated heterocycles. The van der Waals surface area contributed by atoms with E-state index >= 15 is 0 Å². The predicted octanol–water partition coefficient (Wildman–Crippen LogP) is 3.31. The molecule has 4 rings (SSSR count). The predicted molar refractivity (Wildman–Crippen MR) is 113 cm³/mol. The van der Waals surface area contributed by atoms with E-state index in [0.717, 1.165) is 18.4 Å². The Labute approximate surface area is 183 Å². The van der Waals surface area contributed by atoms with E-state index < -0.39 is 11.7 Å². The highest BCUT2D eigenvalue weighted by atomic mass is 35.5. The number of aromatic nitrogens is 3. The van der Waals surface area contributed by atoms with Crippen molar-refractivity contribution >= 4 is 23.4 Å². The van der Waals surface area contributed by atoms with Gasteiger partial charge in [0.2, 0.25) is 0 Å². The summed E-state index contributed by atoms with van der Waals surface area (Å²) in [6.45, 7) is 1.28. The van der Waals surface area contributed by atoms with E-state index in [-0.39, 0.29) is 23.2 Å². The normalized spacial score (nSPS) is 15.8. The number of hydrogen-bond donors (Lipinski definition) is 1. The van der Waals surface area contributed by atoms with Gasteiger partial charge in [-0.15, -0.1) is 5.10 Å². The van der Waals surface area contributed by atoms with Crippen LogP contribution in [0.15, 0.2) is 54.7 Å². The number of carbonyl (C=O) groups excluding carboxylic acids is 2. The van der Waals surface area contributed by atoms with Crippen molar-refractivity contribution in [1.29, 1.82) is 0 Å². The van der Waals surface area contributed by atoms with Gasteiger partial charge in [-0.2, -0.15) is 0 Å². The van der Waals surface area contributed by atoms with Crippen molar-refractivity contribution in [2.75, 3.05) is 6.54 Å². The van der Waals surface area contributed by atoms with Crippen molar-refractivity contribution in [2.24, 2.45) is 0 Å². The van der Waals surface area contributed by atoms with Crippen LogP contribution >= 0.6 is 11.6 Å². The Kier molecular flexibility index (Phi) is 6.27. The fourth-order valence-electron chi connectivity index (χ4n) is 3.69. The van der Waals surface area contributed by atoms with Crippen LogP contribution in [0.1, 0.15) is 39.3 Å². The van der Waals surface area contributed by atoms with E-state index in [0.29, 0.717) is 24.7 Å². The molecule has 31 heavy (non-hydrogen) atoms. The fourth-order valence-corrected chi connectivity index (χ4v) is 3.86. The van der Waals surface area contributed by atoms with Gasteiger partial charge in [0.05, 0.1) is 24.3 Å². The molecular weight excluding hydrogens is 421 g/mol. The Bertz CT molecular complexity index is 1090. The summed E-state index contributed by atoms with van der Waals surface area (Å²) in [5.74, 6) is -1.32. The van der Waals surface area contributed by atoms with Crippen LogP contribution in [0.2, 0.25) is 5.02 Å². The number of halogens is 2. The molecule has 0 radical (unpaired) electrons. The maximum Gasteiger partial charge on any atom is 0.273 e. The summed E-state index contributed by atoms with van der Waals surface area (Å²) in [5.41, 5.74) is 1.14. The molecule has 0 bridgehead atoms. The van der Waals surface area contributed by atoms with Gasteiger partial charge in [0.25, 0.3) is 11.8 Å². The average Bonchev–Trinajstić information content (AvgIpc) is 3.44. The summed E-state index contributed by atoms with van der Waals surface area (Å²) in [6, 6.07) is 13.3. The molecule has 1 aliphatic rings. The minimum Gasteiger partial charge on any atom is -0.347 e. The lowest BCUT2D eigenvalue weighted by atomic mass is 10.1. The Morgan fingerprint density at radius 1 is 1.19 bits per heavy atom. The third-order valence-electron chi connectivity index (χ3n) is 5.26. The molecule has 1 aromatic heterocycles. The largest absolute Gasteiger partial charge is 0.347 e. The molecule has 0 saturated carbocycles. The summed E-state index contributed by atoms with van der Waals surface area (Å²) in [6.07, 6.45) is 3.11. The Balaban J connectivity index is 1.39. The molecule has 1 atom stereocenters. The maximum atomic E-state index is 14.1. The van der Waals surface area contributed by atoms with Crippen LogP contribution in [0.4, 0.5) is 4.39 Å². The molecule has 2 heterocycles. The molecule has 2 aromatic carbocycles. The van der Waals surface area contributed by atoms with Crippen LogP contribution in [0.5, 0.6) is 0 Å². The second kappa shape index (κ2) is 9.26. The lowest BCUT2D eigenvalue weighted by Crippen LogP contribution is -2.38. The van der Waals surface area contributed by atoms with Crippen molar-refractivity contribution in [3.8, 4) is 0 Å². The summed E-state index contributed by atoms with van der Waals surface area (Å²) in [4.78, 5) is 26.9. The van der Waals surface area contributed by atoms with Crippen molar-refractivity contribution < 1.29 is 14.0 Å². The van der Waals surface area contributed by atoms with E-state index in [1.807, 2.05) is 30.3 Å². The van der Waals surface area contributed by atoms with Crippen LogP contribution in [-0.4, -0.2) is 44.3 Å². The molecular formula is C22H21ClFN5O2. The zero-order chi connectivity index (χ0) is 21.8. The first-order chi connectivity index (χ1) is 15.0. The molecule has 1 N–H and O–H groups in total. The van der Waals surface area contributed by atoms with Gasteiger partial charge < -0.3 is 10.2 Å². The van der Waals surface area contributed by atoms with E-state index in [1.165, 1.54) is 18.2 Å². The number of benzene rings is 2. The van der Waals surface area contributed by atoms with Gasteiger partial charge in [0.15, 0.2) is 5.69 Å². The first-order valence-corrected chi connectivity index (χ1v) is 10.4. The lowest BCUT2D eigenvalue weighted by molar-refractivity contribution is 0.0716. The third-order valence-corrected chi connectivity index (χ3v) is 5.50. The highest BCUT2D eigenvalue weighted by Gasteiger charge is 2.31. The van der Waals surface area contributed by atoms with Gasteiger partial charge in [0.1, 0.15) is 5.82 Å². The van der Waals surface area contributed by atoms with Crippen LogP contribution in [0.25, 0.3) is 0 Å². The van der Waals surface area contributed by atoms with E-state index in [4.69, 9.17) is 11.6 Å². The maximum absolute atomic E-state index is 14.1. The van der Waals surface area contributed by atoms with E-state index in [1.54, 1.807) is 15.8 Å². The smallest absolute Gasteiger partial charge is 0.273 e. The van der Waals surface area contributed by atoms with Gasteiger partial charge in [-0.05, 0) is 36.6 Å². The summed E-state index contributed by atoms with van der Waals surface area (Å²) < 4.78 is 15.7. The minimum absolute atomic E-state index is 0.0426.